The van der Waals surface area contributed by atoms with Gasteiger partial charge in [0, 0.05) is 37.8 Å². The van der Waals surface area contributed by atoms with E-state index in [4.69, 9.17) is 0 Å². The molecule has 0 unspecified atom stereocenters. The maximum atomic E-state index is 13.0. The molecule has 0 spiro atoms. The zero-order chi connectivity index (χ0) is 22.1. The largest absolute Gasteiger partial charge is 0.343 e. The number of nitro groups is 2. The van der Waals surface area contributed by atoms with E-state index in [-0.39, 0.29) is 11.1 Å². The lowest BCUT2D eigenvalue weighted by Gasteiger charge is -2.34. The molecule has 1 aliphatic heterocycles. The van der Waals surface area contributed by atoms with Crippen LogP contribution in [0.4, 0.5) is 16.5 Å². The summed E-state index contributed by atoms with van der Waals surface area (Å²) in [6.45, 7) is 3.19. The van der Waals surface area contributed by atoms with Crippen LogP contribution < -0.4 is 4.90 Å². The molecule has 11 nitrogen and oxygen atoms in total. The van der Waals surface area contributed by atoms with Crippen LogP contribution in [0.2, 0.25) is 0 Å². The van der Waals surface area contributed by atoms with Gasteiger partial charge in [0.25, 0.3) is 17.3 Å². The molecule has 1 amide bonds. The normalized spacial score (nSPS) is 14.0. The van der Waals surface area contributed by atoms with E-state index in [0.717, 1.165) is 27.1 Å². The quantitative estimate of drug-likeness (QED) is 0.418. The molecule has 1 aromatic carbocycles. The van der Waals surface area contributed by atoms with Crippen molar-refractivity contribution in [2.45, 2.75) is 6.92 Å². The molecule has 0 bridgehead atoms. The molecule has 1 aliphatic rings. The molecule has 160 valence electrons. The first-order chi connectivity index (χ1) is 14.8. The minimum Gasteiger partial charge on any atom is -0.343 e. The summed E-state index contributed by atoms with van der Waals surface area (Å²) in [6, 6.07) is 5.91. The predicted octanol–water partition coefficient (Wildman–Crippen LogP) is 3.35. The van der Waals surface area contributed by atoms with Gasteiger partial charge in [0.15, 0.2) is 5.01 Å². The van der Waals surface area contributed by atoms with Crippen LogP contribution in [-0.4, -0.2) is 57.0 Å². The van der Waals surface area contributed by atoms with Crippen LogP contribution >= 0.6 is 22.7 Å². The number of hydrogen-bond donors (Lipinski definition) is 0. The number of nitrogens with zero attached hydrogens (tertiary/aromatic N) is 6. The van der Waals surface area contributed by atoms with Crippen molar-refractivity contribution in [2.75, 3.05) is 31.1 Å². The second-order valence-electron chi connectivity index (χ2n) is 6.80. The van der Waals surface area contributed by atoms with E-state index >= 15 is 0 Å². The first-order valence-corrected chi connectivity index (χ1v) is 10.9. The molecule has 1 saturated heterocycles. The van der Waals surface area contributed by atoms with E-state index in [0.29, 0.717) is 26.2 Å². The summed E-state index contributed by atoms with van der Waals surface area (Å²) in [5.74, 6) is -0.458. The van der Waals surface area contributed by atoms with Gasteiger partial charge < -0.3 is 9.80 Å². The van der Waals surface area contributed by atoms with Crippen molar-refractivity contribution in [3.05, 3.63) is 61.0 Å². The van der Waals surface area contributed by atoms with Crippen LogP contribution in [0.5, 0.6) is 0 Å². The first-order valence-electron chi connectivity index (χ1n) is 9.20. The summed E-state index contributed by atoms with van der Waals surface area (Å²) in [6.07, 6.45) is 0. The zero-order valence-electron chi connectivity index (χ0n) is 16.3. The van der Waals surface area contributed by atoms with Crippen LogP contribution in [-0.2, 0) is 0 Å². The molecule has 0 N–H and O–H groups in total. The topological polar surface area (TPSA) is 136 Å². The van der Waals surface area contributed by atoms with Gasteiger partial charge in [-0.2, -0.15) is 0 Å². The summed E-state index contributed by atoms with van der Waals surface area (Å²) in [5.41, 5.74) is -0.821. The minimum absolute atomic E-state index is 0.0229. The number of nitro benzene ring substituents is 2. The molecule has 4 rings (SSSR count). The van der Waals surface area contributed by atoms with E-state index in [2.05, 4.69) is 10.2 Å². The Morgan fingerprint density at radius 1 is 1.10 bits per heavy atom. The second-order valence-corrected chi connectivity index (χ2v) is 8.70. The molecule has 3 heterocycles. The van der Waals surface area contributed by atoms with Gasteiger partial charge in [0.1, 0.15) is 0 Å². The lowest BCUT2D eigenvalue weighted by molar-refractivity contribution is -0.394. The highest BCUT2D eigenvalue weighted by atomic mass is 32.1. The highest BCUT2D eigenvalue weighted by Crippen LogP contribution is 2.32. The molecular formula is C18H16N6O5S2. The van der Waals surface area contributed by atoms with Gasteiger partial charge in [-0.15, -0.1) is 21.5 Å². The Labute approximate surface area is 183 Å². The number of hydrogen-bond acceptors (Lipinski definition) is 10. The van der Waals surface area contributed by atoms with Crippen LogP contribution in [0, 0.1) is 27.2 Å². The van der Waals surface area contributed by atoms with E-state index < -0.39 is 27.1 Å². The summed E-state index contributed by atoms with van der Waals surface area (Å²) < 4.78 is 0. The standard InChI is InChI=1S/C18H16N6O5S2/c1-11-13(9-12(23(26)27)10-14(11)24(28)29)17(25)21-4-6-22(7-5-21)18-20-19-16(31-18)15-3-2-8-30-15/h2-3,8-10H,4-7H2,1H3. The van der Waals surface area contributed by atoms with Crippen molar-refractivity contribution in [1.82, 2.24) is 15.1 Å². The third-order valence-corrected chi connectivity index (χ3v) is 7.01. The number of thiophene rings is 1. The lowest BCUT2D eigenvalue weighted by Crippen LogP contribution is -2.49. The second kappa shape index (κ2) is 8.35. The Balaban J connectivity index is 1.50. The molecule has 0 saturated carbocycles. The highest BCUT2D eigenvalue weighted by molar-refractivity contribution is 7.22. The summed E-state index contributed by atoms with van der Waals surface area (Å²) in [5, 5.41) is 34.5. The van der Waals surface area contributed by atoms with Crippen molar-refractivity contribution in [1.29, 1.82) is 0 Å². The monoisotopic (exact) mass is 460 g/mol. The maximum Gasteiger partial charge on any atom is 0.279 e. The SMILES string of the molecule is Cc1c(C(=O)N2CCN(c3nnc(-c4cccs4)s3)CC2)cc([N+](=O)[O-])cc1[N+](=O)[O-]. The highest BCUT2D eigenvalue weighted by Gasteiger charge is 2.29. The van der Waals surface area contributed by atoms with Gasteiger partial charge in [0.05, 0.1) is 26.4 Å². The molecule has 1 fully saturated rings. The third kappa shape index (κ3) is 4.09. The Morgan fingerprint density at radius 3 is 2.45 bits per heavy atom. The summed E-state index contributed by atoms with van der Waals surface area (Å²) in [4.78, 5) is 38.6. The summed E-state index contributed by atoms with van der Waals surface area (Å²) in [7, 11) is 0. The Morgan fingerprint density at radius 2 is 1.84 bits per heavy atom. The molecule has 0 atom stereocenters. The van der Waals surface area contributed by atoms with Crippen LogP contribution in [0.25, 0.3) is 9.88 Å². The number of non-ortho nitro benzene ring substituents is 1. The smallest absolute Gasteiger partial charge is 0.279 e. The number of piperazine rings is 1. The molecule has 13 heteroatoms. The van der Waals surface area contributed by atoms with E-state index in [1.807, 2.05) is 22.4 Å². The summed E-state index contributed by atoms with van der Waals surface area (Å²) >= 11 is 3.06. The van der Waals surface area contributed by atoms with Crippen molar-refractivity contribution in [3.8, 4) is 9.88 Å². The van der Waals surface area contributed by atoms with Gasteiger partial charge in [-0.3, -0.25) is 25.0 Å². The maximum absolute atomic E-state index is 13.0. The molecular weight excluding hydrogens is 444 g/mol. The Hall–Kier alpha value is -3.45. The fourth-order valence-electron chi connectivity index (χ4n) is 3.32. The van der Waals surface area contributed by atoms with Crippen molar-refractivity contribution in [3.63, 3.8) is 0 Å². The number of carbonyl (C=O) groups excluding carboxylic acids is 1. The fraction of sp³-hybridized carbons (Fsp3) is 0.278. The predicted molar refractivity (Wildman–Crippen MR) is 116 cm³/mol. The van der Waals surface area contributed by atoms with E-state index in [9.17, 15) is 25.0 Å². The Kier molecular flexibility index (Phi) is 5.61. The third-order valence-electron chi connectivity index (χ3n) is 4.99. The van der Waals surface area contributed by atoms with Crippen LogP contribution in [0.15, 0.2) is 29.6 Å². The van der Waals surface area contributed by atoms with Gasteiger partial charge in [-0.25, -0.2) is 0 Å². The van der Waals surface area contributed by atoms with Gasteiger partial charge >= 0.3 is 0 Å². The van der Waals surface area contributed by atoms with Crippen molar-refractivity contribution < 1.29 is 14.6 Å². The molecule has 3 aromatic rings. The number of anilines is 1. The first kappa shape index (κ1) is 20.8. The number of rotatable bonds is 5. The van der Waals surface area contributed by atoms with Gasteiger partial charge in [-0.1, -0.05) is 17.4 Å². The average Bonchev–Trinajstić information content (AvgIpc) is 3.45. The Bertz CT molecular complexity index is 1150. The molecule has 31 heavy (non-hydrogen) atoms. The van der Waals surface area contributed by atoms with E-state index in [1.165, 1.54) is 18.3 Å². The van der Waals surface area contributed by atoms with Gasteiger partial charge in [-0.05, 0) is 18.4 Å². The molecule has 0 aliphatic carbocycles. The zero-order valence-corrected chi connectivity index (χ0v) is 17.9. The fourth-order valence-corrected chi connectivity index (χ4v) is 5.00. The van der Waals surface area contributed by atoms with E-state index in [1.54, 1.807) is 16.2 Å². The number of benzene rings is 1. The minimum atomic E-state index is -0.734. The molecule has 2 aromatic heterocycles. The lowest BCUT2D eigenvalue weighted by atomic mass is 10.0. The van der Waals surface area contributed by atoms with Crippen molar-refractivity contribution >= 4 is 45.1 Å². The van der Waals surface area contributed by atoms with Crippen LogP contribution in [0.1, 0.15) is 15.9 Å². The number of amides is 1. The van der Waals surface area contributed by atoms with Crippen molar-refractivity contribution in [2.24, 2.45) is 0 Å². The number of aromatic nitrogens is 2. The average molecular weight is 460 g/mol. The van der Waals surface area contributed by atoms with Gasteiger partial charge in [0.2, 0.25) is 5.13 Å². The number of carbonyl (C=O) groups is 1. The molecule has 0 radical (unpaired) electrons. The van der Waals surface area contributed by atoms with Crippen LogP contribution in [0.3, 0.4) is 0 Å².